The van der Waals surface area contributed by atoms with Crippen LogP contribution < -0.4 is 5.73 Å². The lowest BCUT2D eigenvalue weighted by Gasteiger charge is -2.20. The van der Waals surface area contributed by atoms with Gasteiger partial charge in [0.1, 0.15) is 11.5 Å². The molecule has 150 valence electrons. The van der Waals surface area contributed by atoms with E-state index in [-0.39, 0.29) is 30.0 Å². The van der Waals surface area contributed by atoms with E-state index in [4.69, 9.17) is 10.2 Å². The predicted octanol–water partition coefficient (Wildman–Crippen LogP) is 3.60. The zero-order chi connectivity index (χ0) is 20.4. The molecule has 1 atom stereocenters. The van der Waals surface area contributed by atoms with Gasteiger partial charge in [0.05, 0.1) is 30.2 Å². The molecule has 7 nitrogen and oxygen atoms in total. The van der Waals surface area contributed by atoms with Crippen molar-refractivity contribution in [2.24, 2.45) is 10.8 Å². The van der Waals surface area contributed by atoms with Crippen LogP contribution >= 0.6 is 34.4 Å². The molecule has 0 aromatic carbocycles. The summed E-state index contributed by atoms with van der Waals surface area (Å²) >= 11 is 4.36. The molecule has 10 heteroatoms. The minimum Gasteiger partial charge on any atom is -0.463 e. The second kappa shape index (κ2) is 8.52. The second-order valence-electron chi connectivity index (χ2n) is 6.42. The molecule has 2 amide bonds. The number of furan rings is 1. The van der Waals surface area contributed by atoms with E-state index in [1.165, 1.54) is 23.1 Å². The molecule has 3 aromatic heterocycles. The van der Waals surface area contributed by atoms with Crippen LogP contribution in [0.3, 0.4) is 0 Å². The number of carbonyl (C=O) groups is 2. The lowest BCUT2D eigenvalue weighted by molar-refractivity contribution is -0.130. The molecule has 29 heavy (non-hydrogen) atoms. The molecule has 1 aliphatic heterocycles. The van der Waals surface area contributed by atoms with E-state index < -0.39 is 0 Å². The first-order chi connectivity index (χ1) is 14.0. The van der Waals surface area contributed by atoms with E-state index in [9.17, 15) is 9.59 Å². The van der Waals surface area contributed by atoms with Crippen molar-refractivity contribution in [1.29, 1.82) is 0 Å². The normalized spacial score (nSPS) is 16.2. The van der Waals surface area contributed by atoms with Gasteiger partial charge in [0.15, 0.2) is 4.34 Å². The maximum absolute atomic E-state index is 13.0. The Hall–Kier alpha value is -2.43. The average Bonchev–Trinajstić information content (AvgIpc) is 3.46. The number of rotatable bonds is 7. The lowest BCUT2D eigenvalue weighted by Crippen LogP contribution is -2.28. The summed E-state index contributed by atoms with van der Waals surface area (Å²) in [5, 5.41) is 8.12. The number of nitrogens with zero attached hydrogens (tertiary/aromatic N) is 3. The fourth-order valence-electron chi connectivity index (χ4n) is 3.01. The second-order valence-corrected chi connectivity index (χ2v) is 9.70. The van der Waals surface area contributed by atoms with Crippen LogP contribution in [0.4, 0.5) is 0 Å². The quantitative estimate of drug-likeness (QED) is 0.559. The molecular weight excluding hydrogens is 428 g/mol. The summed E-state index contributed by atoms with van der Waals surface area (Å²) in [6.07, 6.45) is 2.39. The first-order valence-corrected chi connectivity index (χ1v) is 11.5. The molecule has 0 fully saturated rings. The van der Waals surface area contributed by atoms with Crippen molar-refractivity contribution in [2.75, 3.05) is 5.75 Å². The Morgan fingerprint density at radius 3 is 2.93 bits per heavy atom. The van der Waals surface area contributed by atoms with Gasteiger partial charge in [-0.25, -0.2) is 9.99 Å². The van der Waals surface area contributed by atoms with Crippen LogP contribution in [-0.2, 0) is 16.0 Å². The molecule has 4 heterocycles. The van der Waals surface area contributed by atoms with Crippen molar-refractivity contribution in [3.63, 3.8) is 0 Å². The van der Waals surface area contributed by atoms with E-state index in [0.29, 0.717) is 12.2 Å². The third-order valence-corrected chi connectivity index (χ3v) is 7.63. The maximum atomic E-state index is 13.0. The number of carbonyl (C=O) groups excluding carboxylic acids is 2. The zero-order valence-corrected chi connectivity index (χ0v) is 18.0. The first-order valence-electron chi connectivity index (χ1n) is 8.85. The monoisotopic (exact) mass is 446 g/mol. The van der Waals surface area contributed by atoms with Gasteiger partial charge in [0.25, 0.3) is 5.91 Å². The number of thiazole rings is 1. The Bertz CT molecular complexity index is 1040. The highest BCUT2D eigenvalue weighted by molar-refractivity contribution is 8.01. The van der Waals surface area contributed by atoms with Gasteiger partial charge >= 0.3 is 0 Å². The lowest BCUT2D eigenvalue weighted by atomic mass is 10.1. The highest BCUT2D eigenvalue weighted by Gasteiger charge is 2.34. The van der Waals surface area contributed by atoms with E-state index in [2.05, 4.69) is 10.1 Å². The number of hydrazone groups is 1. The van der Waals surface area contributed by atoms with Gasteiger partial charge in [-0.2, -0.15) is 5.10 Å². The van der Waals surface area contributed by atoms with Crippen molar-refractivity contribution in [3.05, 3.63) is 57.1 Å². The van der Waals surface area contributed by atoms with Crippen molar-refractivity contribution >= 4 is 52.0 Å². The summed E-state index contributed by atoms with van der Waals surface area (Å²) in [6, 6.07) is 7.52. The van der Waals surface area contributed by atoms with Crippen molar-refractivity contribution in [2.45, 2.75) is 30.1 Å². The highest BCUT2D eigenvalue weighted by atomic mass is 32.2. The van der Waals surface area contributed by atoms with Crippen molar-refractivity contribution in [3.8, 4) is 0 Å². The maximum Gasteiger partial charge on any atom is 0.253 e. The SMILES string of the molecule is Cc1nc(SCC(=O)N2N=C(c3ccco3)CC2c2cccs2)sc1CC(N)=O. The van der Waals surface area contributed by atoms with Gasteiger partial charge in [-0.05, 0) is 30.5 Å². The van der Waals surface area contributed by atoms with Gasteiger partial charge in [-0.15, -0.1) is 22.7 Å². The largest absolute Gasteiger partial charge is 0.463 e. The number of aryl methyl sites for hydroxylation is 1. The minimum absolute atomic E-state index is 0.0979. The smallest absolute Gasteiger partial charge is 0.253 e. The molecule has 1 aliphatic rings. The number of nitrogens with two attached hydrogens (primary N) is 1. The van der Waals surface area contributed by atoms with Crippen LogP contribution in [-0.4, -0.2) is 33.3 Å². The Morgan fingerprint density at radius 2 is 2.24 bits per heavy atom. The van der Waals surface area contributed by atoms with Crippen LogP contribution in [0.2, 0.25) is 0 Å². The molecule has 0 aliphatic carbocycles. The summed E-state index contributed by atoms with van der Waals surface area (Å²) in [6.45, 7) is 1.84. The number of primary amides is 1. The van der Waals surface area contributed by atoms with E-state index in [1.54, 1.807) is 22.6 Å². The van der Waals surface area contributed by atoms with Crippen LogP contribution in [0, 0.1) is 6.92 Å². The fraction of sp³-hybridized carbons (Fsp3) is 0.263. The summed E-state index contributed by atoms with van der Waals surface area (Å²) < 4.78 is 6.22. The Morgan fingerprint density at radius 1 is 1.38 bits per heavy atom. The number of aromatic nitrogens is 1. The summed E-state index contributed by atoms with van der Waals surface area (Å²) in [7, 11) is 0. The molecule has 0 saturated heterocycles. The van der Waals surface area contributed by atoms with Gasteiger partial charge in [0, 0.05) is 16.2 Å². The molecule has 2 N–H and O–H groups in total. The summed E-state index contributed by atoms with van der Waals surface area (Å²) in [4.78, 5) is 30.5. The molecule has 4 rings (SSSR count). The zero-order valence-electron chi connectivity index (χ0n) is 15.5. The van der Waals surface area contributed by atoms with E-state index >= 15 is 0 Å². The minimum atomic E-state index is -0.389. The third-order valence-electron chi connectivity index (χ3n) is 4.37. The van der Waals surface area contributed by atoms with Gasteiger partial charge in [0.2, 0.25) is 5.91 Å². The molecule has 0 spiro atoms. The first kappa shape index (κ1) is 19.9. The van der Waals surface area contributed by atoms with Crippen molar-refractivity contribution in [1.82, 2.24) is 9.99 Å². The van der Waals surface area contributed by atoms with Gasteiger partial charge in [-0.1, -0.05) is 17.8 Å². The molecule has 3 aromatic rings. The fourth-order valence-corrected chi connectivity index (χ4v) is 5.92. The average molecular weight is 447 g/mol. The number of hydrogen-bond acceptors (Lipinski definition) is 8. The van der Waals surface area contributed by atoms with Gasteiger partial charge < -0.3 is 10.2 Å². The van der Waals surface area contributed by atoms with Crippen LogP contribution in [0.25, 0.3) is 0 Å². The molecular formula is C19H18N4O3S3. The predicted molar refractivity (Wildman–Crippen MR) is 114 cm³/mol. The summed E-state index contributed by atoms with van der Waals surface area (Å²) in [5.41, 5.74) is 6.82. The van der Waals surface area contributed by atoms with Crippen LogP contribution in [0.5, 0.6) is 0 Å². The Labute approximate surface area is 179 Å². The Kier molecular flexibility index (Phi) is 5.84. The topological polar surface area (TPSA) is 102 Å². The van der Waals surface area contributed by atoms with E-state index in [0.717, 1.165) is 25.5 Å². The van der Waals surface area contributed by atoms with E-state index in [1.807, 2.05) is 36.6 Å². The summed E-state index contributed by atoms with van der Waals surface area (Å²) in [5.74, 6) is 0.403. The molecule has 1 unspecified atom stereocenters. The Balaban J connectivity index is 1.49. The van der Waals surface area contributed by atoms with Crippen molar-refractivity contribution < 1.29 is 14.0 Å². The number of amides is 2. The van der Waals surface area contributed by atoms with Crippen LogP contribution in [0.15, 0.2) is 49.8 Å². The highest BCUT2D eigenvalue weighted by Crippen LogP contribution is 2.36. The number of hydrogen-bond donors (Lipinski definition) is 1. The number of thiophene rings is 1. The molecule has 0 saturated carbocycles. The molecule has 0 radical (unpaired) electrons. The number of thioether (sulfide) groups is 1. The molecule has 0 bridgehead atoms. The third kappa shape index (κ3) is 4.44. The van der Waals surface area contributed by atoms with Crippen LogP contribution in [0.1, 0.15) is 33.7 Å². The standard InChI is InChI=1S/C19H18N4O3S3/c1-11-16(9-17(20)24)29-19(21-11)28-10-18(25)23-13(15-5-3-7-27-15)8-12(22-23)14-4-2-6-26-14/h2-7,13H,8-10H2,1H3,(H2,20,24). The van der Waals surface area contributed by atoms with Gasteiger partial charge in [-0.3, -0.25) is 9.59 Å².